The fourth-order valence-electron chi connectivity index (χ4n) is 1.87. The van der Waals surface area contributed by atoms with Gasteiger partial charge in [0.1, 0.15) is 11.5 Å². The fourth-order valence-corrected chi connectivity index (χ4v) is 2.10. The van der Waals surface area contributed by atoms with Gasteiger partial charge in [-0.3, -0.25) is 4.79 Å². The number of benzene rings is 2. The van der Waals surface area contributed by atoms with Gasteiger partial charge in [-0.05, 0) is 42.8 Å². The number of methoxy groups -OCH3 is 1. The van der Waals surface area contributed by atoms with Crippen molar-refractivity contribution in [1.29, 1.82) is 0 Å². The molecule has 104 valence electrons. The van der Waals surface area contributed by atoms with Gasteiger partial charge in [0.15, 0.2) is 6.61 Å². The number of carbonyl (C=O) groups excluding carboxylic acids is 1. The highest BCUT2D eigenvalue weighted by atomic mass is 35.5. The molecule has 0 aliphatic carbocycles. The van der Waals surface area contributed by atoms with E-state index in [0.717, 1.165) is 5.56 Å². The highest BCUT2D eigenvalue weighted by Crippen LogP contribution is 2.23. The number of rotatable bonds is 5. The lowest BCUT2D eigenvalue weighted by atomic mass is 10.1. The van der Waals surface area contributed by atoms with Crippen molar-refractivity contribution in [2.45, 2.75) is 6.92 Å². The lowest BCUT2D eigenvalue weighted by molar-refractivity contribution is 0.0918. The van der Waals surface area contributed by atoms with E-state index in [-0.39, 0.29) is 12.4 Å². The Morgan fingerprint density at radius 2 is 1.90 bits per heavy atom. The number of ether oxygens (including phenoxy) is 2. The van der Waals surface area contributed by atoms with Crippen LogP contribution in [0.4, 0.5) is 0 Å². The molecule has 0 spiro atoms. The van der Waals surface area contributed by atoms with E-state index >= 15 is 0 Å². The van der Waals surface area contributed by atoms with Crippen molar-refractivity contribution in [3.05, 3.63) is 58.6 Å². The summed E-state index contributed by atoms with van der Waals surface area (Å²) >= 11 is 5.88. The van der Waals surface area contributed by atoms with Crippen LogP contribution in [-0.4, -0.2) is 19.5 Å². The molecular formula is C16H15ClO3. The molecule has 2 aromatic rings. The summed E-state index contributed by atoms with van der Waals surface area (Å²) in [5.74, 6) is 1.07. The van der Waals surface area contributed by atoms with Crippen LogP contribution in [0.25, 0.3) is 0 Å². The molecule has 0 unspecified atom stereocenters. The van der Waals surface area contributed by atoms with Crippen molar-refractivity contribution in [2.24, 2.45) is 0 Å². The van der Waals surface area contributed by atoms with Gasteiger partial charge < -0.3 is 9.47 Å². The Kier molecular flexibility index (Phi) is 4.64. The van der Waals surface area contributed by atoms with Gasteiger partial charge in [-0.25, -0.2) is 0 Å². The zero-order valence-corrected chi connectivity index (χ0v) is 12.1. The molecule has 0 saturated heterocycles. The average Bonchev–Trinajstić information content (AvgIpc) is 2.46. The molecule has 0 fully saturated rings. The highest BCUT2D eigenvalue weighted by Gasteiger charge is 2.12. The fraction of sp³-hybridized carbons (Fsp3) is 0.188. The van der Waals surface area contributed by atoms with Gasteiger partial charge in [-0.15, -0.1) is 0 Å². The number of Topliss-reactive ketones (excluding diaryl/α,β-unsaturated/α-hetero) is 1. The third kappa shape index (κ3) is 3.31. The second kappa shape index (κ2) is 6.44. The molecule has 0 atom stereocenters. The molecule has 0 saturated carbocycles. The van der Waals surface area contributed by atoms with Gasteiger partial charge in [0.25, 0.3) is 0 Å². The molecule has 0 aliphatic heterocycles. The SMILES string of the molecule is COc1ccccc1C(=O)COc1ccc(Cl)cc1C. The molecular weight excluding hydrogens is 276 g/mol. The molecule has 0 bridgehead atoms. The maximum Gasteiger partial charge on any atom is 0.203 e. The predicted molar refractivity (Wildman–Crippen MR) is 79.0 cm³/mol. The van der Waals surface area contributed by atoms with Crippen molar-refractivity contribution >= 4 is 17.4 Å². The molecule has 0 aliphatic rings. The molecule has 4 heteroatoms. The molecule has 0 radical (unpaired) electrons. The molecule has 0 heterocycles. The molecule has 0 aromatic heterocycles. The zero-order chi connectivity index (χ0) is 14.5. The molecule has 3 nitrogen and oxygen atoms in total. The standard InChI is InChI=1S/C16H15ClO3/c1-11-9-12(17)7-8-15(11)20-10-14(18)13-5-3-4-6-16(13)19-2/h3-9H,10H2,1-2H3. The molecule has 20 heavy (non-hydrogen) atoms. The van der Waals surface area contributed by atoms with E-state index in [2.05, 4.69) is 0 Å². The quantitative estimate of drug-likeness (QED) is 0.783. The van der Waals surface area contributed by atoms with E-state index < -0.39 is 0 Å². The van der Waals surface area contributed by atoms with E-state index in [1.807, 2.05) is 13.0 Å². The van der Waals surface area contributed by atoms with Gasteiger partial charge >= 0.3 is 0 Å². The summed E-state index contributed by atoms with van der Waals surface area (Å²) in [5.41, 5.74) is 1.41. The molecule has 0 amide bonds. The van der Waals surface area contributed by atoms with Crippen LogP contribution in [-0.2, 0) is 0 Å². The van der Waals surface area contributed by atoms with Crippen LogP contribution >= 0.6 is 11.6 Å². The first kappa shape index (κ1) is 14.4. The largest absolute Gasteiger partial charge is 0.496 e. The number of ketones is 1. The number of carbonyl (C=O) groups is 1. The second-order valence-corrected chi connectivity index (χ2v) is 4.76. The van der Waals surface area contributed by atoms with E-state index in [0.29, 0.717) is 22.1 Å². The van der Waals surface area contributed by atoms with Crippen LogP contribution in [0.3, 0.4) is 0 Å². The Balaban J connectivity index is 2.09. The van der Waals surface area contributed by atoms with E-state index in [1.165, 1.54) is 7.11 Å². The second-order valence-electron chi connectivity index (χ2n) is 4.32. The van der Waals surface area contributed by atoms with Crippen molar-refractivity contribution in [3.63, 3.8) is 0 Å². The van der Waals surface area contributed by atoms with Crippen LogP contribution in [0.5, 0.6) is 11.5 Å². The van der Waals surface area contributed by atoms with Crippen LogP contribution in [0.1, 0.15) is 15.9 Å². The van der Waals surface area contributed by atoms with Crippen molar-refractivity contribution in [1.82, 2.24) is 0 Å². The van der Waals surface area contributed by atoms with E-state index in [1.54, 1.807) is 36.4 Å². The molecule has 2 rings (SSSR count). The molecule has 0 N–H and O–H groups in total. The maximum absolute atomic E-state index is 12.1. The van der Waals surface area contributed by atoms with Crippen molar-refractivity contribution in [2.75, 3.05) is 13.7 Å². The Labute approximate surface area is 123 Å². The van der Waals surface area contributed by atoms with Crippen LogP contribution < -0.4 is 9.47 Å². The smallest absolute Gasteiger partial charge is 0.203 e. The lowest BCUT2D eigenvalue weighted by Gasteiger charge is -2.10. The van der Waals surface area contributed by atoms with Crippen LogP contribution in [0.15, 0.2) is 42.5 Å². The van der Waals surface area contributed by atoms with E-state index in [9.17, 15) is 4.79 Å². The first-order valence-electron chi connectivity index (χ1n) is 6.17. The normalized spacial score (nSPS) is 10.2. The van der Waals surface area contributed by atoms with Gasteiger partial charge in [-0.2, -0.15) is 0 Å². The summed E-state index contributed by atoms with van der Waals surface area (Å²) in [7, 11) is 1.54. The summed E-state index contributed by atoms with van der Waals surface area (Å²) in [6, 6.07) is 12.4. The number of hydrogen-bond acceptors (Lipinski definition) is 3. The molecule has 2 aromatic carbocycles. The minimum atomic E-state index is -0.128. The predicted octanol–water partition coefficient (Wildman–Crippen LogP) is 3.92. The van der Waals surface area contributed by atoms with Crippen molar-refractivity contribution < 1.29 is 14.3 Å². The summed E-state index contributed by atoms with van der Waals surface area (Å²) < 4.78 is 10.7. The summed E-state index contributed by atoms with van der Waals surface area (Å²) in [4.78, 5) is 12.1. The average molecular weight is 291 g/mol. The summed E-state index contributed by atoms with van der Waals surface area (Å²) in [5, 5.41) is 0.644. The van der Waals surface area contributed by atoms with Gasteiger partial charge in [0, 0.05) is 5.02 Å². The third-order valence-electron chi connectivity index (χ3n) is 2.90. The number of hydrogen-bond donors (Lipinski definition) is 0. The van der Waals surface area contributed by atoms with Gasteiger partial charge in [0.2, 0.25) is 5.78 Å². The third-order valence-corrected chi connectivity index (χ3v) is 3.14. The highest BCUT2D eigenvalue weighted by molar-refractivity contribution is 6.30. The van der Waals surface area contributed by atoms with Crippen molar-refractivity contribution in [3.8, 4) is 11.5 Å². The Bertz CT molecular complexity index is 623. The van der Waals surface area contributed by atoms with Crippen LogP contribution in [0, 0.1) is 6.92 Å². The Morgan fingerprint density at radius 1 is 1.15 bits per heavy atom. The number of para-hydroxylation sites is 1. The van der Waals surface area contributed by atoms with Gasteiger partial charge in [0.05, 0.1) is 12.7 Å². The van der Waals surface area contributed by atoms with Crippen LogP contribution in [0.2, 0.25) is 5.02 Å². The minimum absolute atomic E-state index is 0.0388. The first-order chi connectivity index (χ1) is 9.61. The van der Waals surface area contributed by atoms with E-state index in [4.69, 9.17) is 21.1 Å². The minimum Gasteiger partial charge on any atom is -0.496 e. The number of halogens is 1. The number of aryl methyl sites for hydroxylation is 1. The Morgan fingerprint density at radius 3 is 2.60 bits per heavy atom. The first-order valence-corrected chi connectivity index (χ1v) is 6.55. The monoisotopic (exact) mass is 290 g/mol. The summed E-state index contributed by atoms with van der Waals surface area (Å²) in [6.45, 7) is 1.84. The summed E-state index contributed by atoms with van der Waals surface area (Å²) in [6.07, 6.45) is 0. The lowest BCUT2D eigenvalue weighted by Crippen LogP contribution is -2.13. The zero-order valence-electron chi connectivity index (χ0n) is 11.4. The maximum atomic E-state index is 12.1. The topological polar surface area (TPSA) is 35.5 Å². The Hall–Kier alpha value is -2.00. The van der Waals surface area contributed by atoms with Gasteiger partial charge in [-0.1, -0.05) is 23.7 Å².